The molecule has 170 valence electrons. The van der Waals surface area contributed by atoms with E-state index in [4.69, 9.17) is 9.16 Å². The van der Waals surface area contributed by atoms with Crippen molar-refractivity contribution in [3.05, 3.63) is 42.5 Å². The van der Waals surface area contributed by atoms with Gasteiger partial charge in [-0.3, -0.25) is 4.79 Å². The summed E-state index contributed by atoms with van der Waals surface area (Å²) in [5.41, 5.74) is 1.96. The Morgan fingerprint density at radius 2 is 1.68 bits per heavy atom. The highest BCUT2D eigenvalue weighted by atomic mass is 28.4. The topological polar surface area (TPSA) is 61.3 Å². The lowest BCUT2D eigenvalue weighted by molar-refractivity contribution is -0.131. The summed E-state index contributed by atoms with van der Waals surface area (Å²) in [6, 6.07) is 8.64. The van der Waals surface area contributed by atoms with Gasteiger partial charge in [0.25, 0.3) is 0 Å². The number of nitrogens with zero attached hydrogens (tertiary/aromatic N) is 2. The maximum Gasteiger partial charge on any atom is 0.308 e. The van der Waals surface area contributed by atoms with Gasteiger partial charge in [-0.2, -0.15) is 0 Å². The molecular formula is C25H38N2O3Si. The first-order chi connectivity index (χ1) is 14.8. The van der Waals surface area contributed by atoms with E-state index in [0.29, 0.717) is 11.9 Å². The smallest absolute Gasteiger partial charge is 0.308 e. The van der Waals surface area contributed by atoms with Gasteiger partial charge < -0.3 is 9.16 Å². The van der Waals surface area contributed by atoms with Crippen LogP contribution in [0.1, 0.15) is 65.1 Å². The summed E-state index contributed by atoms with van der Waals surface area (Å²) in [6.07, 6.45) is 12.1. The van der Waals surface area contributed by atoms with E-state index in [2.05, 4.69) is 36.9 Å². The van der Waals surface area contributed by atoms with Crippen LogP contribution in [0.3, 0.4) is 0 Å². The number of hydrogen-bond donors (Lipinski definition) is 0. The van der Waals surface area contributed by atoms with Gasteiger partial charge >= 0.3 is 5.97 Å². The molecule has 0 bridgehead atoms. The summed E-state index contributed by atoms with van der Waals surface area (Å²) in [5, 5.41) is 0. The SMILES string of the molecule is CCCC[Si](C)(C)OC(C)CCCCCc1ncc(-c2ccc(OC(C)=O)cc2)cn1. The second-order valence-electron chi connectivity index (χ2n) is 8.90. The fourth-order valence-electron chi connectivity index (χ4n) is 3.67. The first kappa shape index (κ1) is 25.2. The molecule has 0 radical (unpaired) electrons. The van der Waals surface area contributed by atoms with Crippen molar-refractivity contribution >= 4 is 14.3 Å². The normalized spacial score (nSPS) is 12.5. The average Bonchev–Trinajstić information content (AvgIpc) is 2.72. The summed E-state index contributed by atoms with van der Waals surface area (Å²) in [6.45, 7) is 10.5. The molecule has 0 saturated heterocycles. The number of benzene rings is 1. The molecular weight excluding hydrogens is 404 g/mol. The Bertz CT molecular complexity index is 791. The number of aromatic nitrogens is 2. The van der Waals surface area contributed by atoms with Crippen molar-refractivity contribution in [2.45, 2.75) is 91.0 Å². The van der Waals surface area contributed by atoms with Crippen molar-refractivity contribution < 1.29 is 14.0 Å². The third-order valence-electron chi connectivity index (χ3n) is 5.32. The van der Waals surface area contributed by atoms with Crippen LogP contribution in [0.4, 0.5) is 0 Å². The van der Waals surface area contributed by atoms with Crippen LogP contribution in [-0.2, 0) is 15.6 Å². The zero-order chi connectivity index (χ0) is 22.7. The van der Waals surface area contributed by atoms with Gasteiger partial charge in [0.15, 0.2) is 8.32 Å². The number of aryl methyl sites for hydroxylation is 1. The number of hydrogen-bond acceptors (Lipinski definition) is 5. The standard InChI is InChI=1S/C25H38N2O3Si/c1-6-7-17-31(4,5)30-20(2)11-9-8-10-12-25-26-18-23(19-27-25)22-13-15-24(16-14-22)29-21(3)28/h13-16,18-20H,6-12,17H2,1-5H3. The zero-order valence-corrected chi connectivity index (χ0v) is 20.8. The molecule has 5 nitrogen and oxygen atoms in total. The van der Waals surface area contributed by atoms with E-state index in [0.717, 1.165) is 36.2 Å². The number of ether oxygens (including phenoxy) is 1. The summed E-state index contributed by atoms with van der Waals surface area (Å²) in [5.74, 6) is 1.11. The molecule has 1 heterocycles. The van der Waals surface area contributed by atoms with Crippen LogP contribution < -0.4 is 4.74 Å². The quantitative estimate of drug-likeness (QED) is 0.152. The van der Waals surface area contributed by atoms with Crippen LogP contribution in [0.2, 0.25) is 19.1 Å². The molecule has 1 unspecified atom stereocenters. The monoisotopic (exact) mass is 442 g/mol. The Morgan fingerprint density at radius 3 is 2.29 bits per heavy atom. The molecule has 0 fully saturated rings. The fraction of sp³-hybridized carbons (Fsp3) is 0.560. The lowest BCUT2D eigenvalue weighted by Crippen LogP contribution is -2.34. The molecule has 0 spiro atoms. The molecule has 0 aliphatic rings. The molecule has 6 heteroatoms. The van der Waals surface area contributed by atoms with E-state index in [9.17, 15) is 4.79 Å². The highest BCUT2D eigenvalue weighted by Gasteiger charge is 2.23. The summed E-state index contributed by atoms with van der Waals surface area (Å²) < 4.78 is 11.4. The number of carbonyl (C=O) groups excluding carboxylic acids is 1. The lowest BCUT2D eigenvalue weighted by Gasteiger charge is -2.27. The van der Waals surface area contributed by atoms with E-state index >= 15 is 0 Å². The average molecular weight is 443 g/mol. The molecule has 1 aromatic heterocycles. The van der Waals surface area contributed by atoms with Crippen LogP contribution >= 0.6 is 0 Å². The lowest BCUT2D eigenvalue weighted by atomic mass is 10.1. The third kappa shape index (κ3) is 9.74. The second-order valence-corrected chi connectivity index (χ2v) is 13.2. The molecule has 0 amide bonds. The van der Waals surface area contributed by atoms with Crippen molar-refractivity contribution in [3.63, 3.8) is 0 Å². The van der Waals surface area contributed by atoms with E-state index in [-0.39, 0.29) is 5.97 Å². The van der Waals surface area contributed by atoms with E-state index < -0.39 is 8.32 Å². The highest BCUT2D eigenvalue weighted by Crippen LogP contribution is 2.22. The molecule has 0 aliphatic carbocycles. The Balaban J connectivity index is 1.70. The van der Waals surface area contributed by atoms with Gasteiger partial charge in [-0.15, -0.1) is 0 Å². The Morgan fingerprint density at radius 1 is 1.00 bits per heavy atom. The Hall–Kier alpha value is -2.05. The van der Waals surface area contributed by atoms with Crippen molar-refractivity contribution in [2.24, 2.45) is 0 Å². The fourth-order valence-corrected chi connectivity index (χ4v) is 6.20. The van der Waals surface area contributed by atoms with Crippen LogP contribution in [0.5, 0.6) is 5.75 Å². The van der Waals surface area contributed by atoms with Gasteiger partial charge in [-0.05, 0) is 56.6 Å². The van der Waals surface area contributed by atoms with Crippen molar-refractivity contribution in [1.82, 2.24) is 9.97 Å². The van der Waals surface area contributed by atoms with Gasteiger partial charge in [-0.1, -0.05) is 44.7 Å². The van der Waals surface area contributed by atoms with E-state index in [1.807, 2.05) is 24.5 Å². The minimum Gasteiger partial charge on any atom is -0.427 e. The second kappa shape index (κ2) is 12.7. The van der Waals surface area contributed by atoms with Gasteiger partial charge in [0, 0.05) is 37.4 Å². The first-order valence-corrected chi connectivity index (χ1v) is 14.7. The summed E-state index contributed by atoms with van der Waals surface area (Å²) in [7, 11) is -1.49. The Labute approximate surface area is 188 Å². The van der Waals surface area contributed by atoms with Crippen LogP contribution in [0.15, 0.2) is 36.7 Å². The predicted molar refractivity (Wildman–Crippen MR) is 129 cm³/mol. The van der Waals surface area contributed by atoms with Gasteiger partial charge in [-0.25, -0.2) is 9.97 Å². The maximum atomic E-state index is 11.0. The van der Waals surface area contributed by atoms with Crippen molar-refractivity contribution in [3.8, 4) is 16.9 Å². The molecule has 1 atom stereocenters. The number of unbranched alkanes of at least 4 members (excludes halogenated alkanes) is 3. The minimum absolute atomic E-state index is 0.319. The largest absolute Gasteiger partial charge is 0.427 e. The first-order valence-electron chi connectivity index (χ1n) is 11.6. The molecule has 0 N–H and O–H groups in total. The van der Waals surface area contributed by atoms with E-state index in [1.54, 1.807) is 12.1 Å². The van der Waals surface area contributed by atoms with Gasteiger partial charge in [0.2, 0.25) is 0 Å². The molecule has 31 heavy (non-hydrogen) atoms. The van der Waals surface area contributed by atoms with Crippen LogP contribution in [0.25, 0.3) is 11.1 Å². The molecule has 1 aromatic carbocycles. The Kier molecular flexibility index (Phi) is 10.3. The predicted octanol–water partition coefficient (Wildman–Crippen LogP) is 6.58. The summed E-state index contributed by atoms with van der Waals surface area (Å²) in [4.78, 5) is 20.0. The molecule has 2 rings (SSSR count). The van der Waals surface area contributed by atoms with Gasteiger partial charge in [0.1, 0.15) is 11.6 Å². The zero-order valence-electron chi connectivity index (χ0n) is 19.8. The number of carbonyl (C=O) groups is 1. The van der Waals surface area contributed by atoms with Gasteiger partial charge in [0.05, 0.1) is 0 Å². The number of esters is 1. The number of rotatable bonds is 13. The van der Waals surface area contributed by atoms with Crippen LogP contribution in [-0.4, -0.2) is 30.4 Å². The molecule has 2 aromatic rings. The maximum absolute atomic E-state index is 11.0. The molecule has 0 aliphatic heterocycles. The highest BCUT2D eigenvalue weighted by molar-refractivity contribution is 6.71. The van der Waals surface area contributed by atoms with Crippen LogP contribution in [0, 0.1) is 0 Å². The molecule has 0 saturated carbocycles. The third-order valence-corrected chi connectivity index (χ3v) is 7.92. The summed E-state index contributed by atoms with van der Waals surface area (Å²) >= 11 is 0. The van der Waals surface area contributed by atoms with E-state index in [1.165, 1.54) is 38.7 Å². The van der Waals surface area contributed by atoms with Crippen molar-refractivity contribution in [2.75, 3.05) is 0 Å². The minimum atomic E-state index is -1.49. The van der Waals surface area contributed by atoms with Crippen molar-refractivity contribution in [1.29, 1.82) is 0 Å².